The molecule has 118 valence electrons. The van der Waals surface area contributed by atoms with E-state index in [9.17, 15) is 13.2 Å². The smallest absolute Gasteiger partial charge is 0.319 e. The molecule has 1 N–H and O–H groups in total. The molecule has 2 rings (SSSR count). The van der Waals surface area contributed by atoms with Crippen LogP contribution >= 0.6 is 0 Å². The van der Waals surface area contributed by atoms with Crippen LogP contribution in [0.3, 0.4) is 0 Å². The third-order valence-corrected chi connectivity index (χ3v) is 4.42. The van der Waals surface area contributed by atoms with Crippen LogP contribution in [0.2, 0.25) is 0 Å². The molecule has 1 aliphatic rings. The molecule has 1 heterocycles. The molecule has 0 radical (unpaired) electrons. The SMILES string of the molecule is CNCC(c1ccccc1C(F)(F)F)C1CCN(C)CC1. The summed E-state index contributed by atoms with van der Waals surface area (Å²) in [4.78, 5) is 2.24. The van der Waals surface area contributed by atoms with Crippen LogP contribution in [0, 0.1) is 5.92 Å². The normalized spacial score (nSPS) is 19.7. The van der Waals surface area contributed by atoms with Gasteiger partial charge < -0.3 is 10.2 Å². The first-order chi connectivity index (χ1) is 9.93. The number of alkyl halides is 3. The van der Waals surface area contributed by atoms with Crippen molar-refractivity contribution in [3.05, 3.63) is 35.4 Å². The number of halogens is 3. The van der Waals surface area contributed by atoms with Crippen LogP contribution in [0.5, 0.6) is 0 Å². The fraction of sp³-hybridized carbons (Fsp3) is 0.625. The molecule has 0 saturated carbocycles. The van der Waals surface area contributed by atoms with Crippen molar-refractivity contribution in [2.45, 2.75) is 24.9 Å². The summed E-state index contributed by atoms with van der Waals surface area (Å²) in [6, 6.07) is 6.02. The maximum absolute atomic E-state index is 13.2. The molecule has 1 aromatic rings. The molecule has 5 heteroatoms. The number of hydrogen-bond donors (Lipinski definition) is 1. The molecule has 1 unspecified atom stereocenters. The Morgan fingerprint density at radius 2 is 1.86 bits per heavy atom. The van der Waals surface area contributed by atoms with Crippen molar-refractivity contribution in [1.82, 2.24) is 10.2 Å². The Bertz CT molecular complexity index is 451. The van der Waals surface area contributed by atoms with Crippen molar-refractivity contribution in [3.8, 4) is 0 Å². The van der Waals surface area contributed by atoms with Crippen LogP contribution < -0.4 is 5.32 Å². The van der Waals surface area contributed by atoms with E-state index < -0.39 is 11.7 Å². The number of hydrogen-bond acceptors (Lipinski definition) is 2. The lowest BCUT2D eigenvalue weighted by atomic mass is 9.78. The zero-order valence-corrected chi connectivity index (χ0v) is 12.6. The average Bonchev–Trinajstić information content (AvgIpc) is 2.45. The highest BCUT2D eigenvalue weighted by atomic mass is 19.4. The number of piperidine rings is 1. The quantitative estimate of drug-likeness (QED) is 0.917. The van der Waals surface area contributed by atoms with Gasteiger partial charge in [0, 0.05) is 6.54 Å². The van der Waals surface area contributed by atoms with Gasteiger partial charge in [-0.25, -0.2) is 0 Å². The summed E-state index contributed by atoms with van der Waals surface area (Å²) in [7, 11) is 3.87. The van der Waals surface area contributed by atoms with Crippen LogP contribution in [0.1, 0.15) is 29.9 Å². The first kappa shape index (κ1) is 16.3. The Kier molecular flexibility index (Phi) is 5.27. The first-order valence-electron chi connectivity index (χ1n) is 7.42. The van der Waals surface area contributed by atoms with Gasteiger partial charge in [-0.2, -0.15) is 13.2 Å². The predicted molar refractivity (Wildman–Crippen MR) is 78.3 cm³/mol. The van der Waals surface area contributed by atoms with Crippen molar-refractivity contribution in [2.24, 2.45) is 5.92 Å². The van der Waals surface area contributed by atoms with E-state index in [1.54, 1.807) is 19.2 Å². The Morgan fingerprint density at radius 3 is 2.43 bits per heavy atom. The largest absolute Gasteiger partial charge is 0.416 e. The van der Waals surface area contributed by atoms with E-state index in [0.717, 1.165) is 25.9 Å². The number of nitrogens with zero attached hydrogens (tertiary/aromatic N) is 1. The first-order valence-corrected chi connectivity index (χ1v) is 7.42. The van der Waals surface area contributed by atoms with Gasteiger partial charge in [0.05, 0.1) is 5.56 Å². The Morgan fingerprint density at radius 1 is 1.24 bits per heavy atom. The van der Waals surface area contributed by atoms with Gasteiger partial charge in [-0.1, -0.05) is 18.2 Å². The summed E-state index contributed by atoms with van der Waals surface area (Å²) in [6.07, 6.45) is -2.38. The van der Waals surface area contributed by atoms with Gasteiger partial charge >= 0.3 is 6.18 Å². The average molecular weight is 300 g/mol. The highest BCUT2D eigenvalue weighted by Crippen LogP contribution is 2.39. The van der Waals surface area contributed by atoms with E-state index in [1.165, 1.54) is 12.1 Å². The third kappa shape index (κ3) is 3.98. The van der Waals surface area contributed by atoms with Crippen LogP contribution in [-0.4, -0.2) is 38.6 Å². The van der Waals surface area contributed by atoms with Gasteiger partial charge in [-0.15, -0.1) is 0 Å². The zero-order valence-electron chi connectivity index (χ0n) is 12.6. The van der Waals surface area contributed by atoms with E-state index in [-0.39, 0.29) is 5.92 Å². The Hall–Kier alpha value is -1.07. The second-order valence-electron chi connectivity index (χ2n) is 5.89. The zero-order chi connectivity index (χ0) is 15.5. The minimum absolute atomic E-state index is 0.0819. The molecular weight excluding hydrogens is 277 g/mol. The second kappa shape index (κ2) is 6.79. The summed E-state index contributed by atoms with van der Waals surface area (Å²) in [5, 5.41) is 3.07. The van der Waals surface area contributed by atoms with E-state index in [2.05, 4.69) is 17.3 Å². The highest BCUT2D eigenvalue weighted by Gasteiger charge is 2.37. The molecule has 21 heavy (non-hydrogen) atoms. The van der Waals surface area contributed by atoms with Crippen molar-refractivity contribution in [1.29, 1.82) is 0 Å². The van der Waals surface area contributed by atoms with Gasteiger partial charge in [0.2, 0.25) is 0 Å². The maximum atomic E-state index is 13.2. The number of likely N-dealkylation sites (N-methyl/N-ethyl adjacent to an activating group) is 1. The van der Waals surface area contributed by atoms with Crippen molar-refractivity contribution in [2.75, 3.05) is 33.7 Å². The highest BCUT2D eigenvalue weighted by molar-refractivity contribution is 5.33. The molecule has 1 aliphatic heterocycles. The van der Waals surface area contributed by atoms with Gasteiger partial charge in [-0.05, 0) is 63.5 Å². The summed E-state index contributed by atoms with van der Waals surface area (Å²) in [6.45, 7) is 2.50. The number of rotatable bonds is 4. The summed E-state index contributed by atoms with van der Waals surface area (Å²) >= 11 is 0. The van der Waals surface area contributed by atoms with Crippen molar-refractivity contribution in [3.63, 3.8) is 0 Å². The monoisotopic (exact) mass is 300 g/mol. The summed E-state index contributed by atoms with van der Waals surface area (Å²) in [5.41, 5.74) is -0.0434. The molecule has 0 aromatic heterocycles. The van der Waals surface area contributed by atoms with Crippen molar-refractivity contribution >= 4 is 0 Å². The Labute approximate surface area is 124 Å². The van der Waals surface area contributed by atoms with E-state index in [0.29, 0.717) is 18.0 Å². The topological polar surface area (TPSA) is 15.3 Å². The lowest BCUT2D eigenvalue weighted by Crippen LogP contribution is -2.36. The third-order valence-electron chi connectivity index (χ3n) is 4.42. The van der Waals surface area contributed by atoms with E-state index >= 15 is 0 Å². The minimum Gasteiger partial charge on any atom is -0.319 e. The van der Waals surface area contributed by atoms with Crippen LogP contribution in [-0.2, 0) is 6.18 Å². The van der Waals surface area contributed by atoms with Crippen LogP contribution in [0.25, 0.3) is 0 Å². The number of nitrogens with one attached hydrogen (secondary N) is 1. The number of benzene rings is 1. The molecule has 1 fully saturated rings. The molecule has 1 atom stereocenters. The van der Waals surface area contributed by atoms with Gasteiger partial charge in [-0.3, -0.25) is 0 Å². The van der Waals surface area contributed by atoms with Crippen LogP contribution in [0.15, 0.2) is 24.3 Å². The van der Waals surface area contributed by atoms with Gasteiger partial charge in [0.1, 0.15) is 0 Å². The molecule has 1 saturated heterocycles. The fourth-order valence-corrected chi connectivity index (χ4v) is 3.26. The standard InChI is InChI=1S/C16H23F3N2/c1-20-11-14(12-7-9-21(2)10-8-12)13-5-3-4-6-15(13)16(17,18)19/h3-6,12,14,20H,7-11H2,1-2H3. The lowest BCUT2D eigenvalue weighted by Gasteiger charge is -2.35. The second-order valence-corrected chi connectivity index (χ2v) is 5.89. The van der Waals surface area contributed by atoms with E-state index in [1.807, 2.05) is 0 Å². The van der Waals surface area contributed by atoms with Crippen molar-refractivity contribution < 1.29 is 13.2 Å². The fourth-order valence-electron chi connectivity index (χ4n) is 3.26. The van der Waals surface area contributed by atoms with Gasteiger partial charge in [0.15, 0.2) is 0 Å². The minimum atomic E-state index is -4.28. The summed E-state index contributed by atoms with van der Waals surface area (Å²) < 4.78 is 39.7. The molecule has 0 spiro atoms. The molecule has 0 amide bonds. The maximum Gasteiger partial charge on any atom is 0.416 e. The molecular formula is C16H23F3N2. The molecule has 0 bridgehead atoms. The molecule has 0 aliphatic carbocycles. The summed E-state index contributed by atoms with van der Waals surface area (Å²) in [5.74, 6) is 0.221. The molecule has 1 aromatic carbocycles. The lowest BCUT2D eigenvalue weighted by molar-refractivity contribution is -0.138. The Balaban J connectivity index is 2.30. The van der Waals surface area contributed by atoms with Gasteiger partial charge in [0.25, 0.3) is 0 Å². The van der Waals surface area contributed by atoms with E-state index in [4.69, 9.17) is 0 Å². The van der Waals surface area contributed by atoms with Crippen LogP contribution in [0.4, 0.5) is 13.2 Å². The molecule has 2 nitrogen and oxygen atoms in total. The predicted octanol–water partition coefficient (Wildman–Crippen LogP) is 3.35. The number of likely N-dealkylation sites (tertiary alicyclic amines) is 1.